The van der Waals surface area contributed by atoms with Gasteiger partial charge in [-0.05, 0) is 25.5 Å². The highest BCUT2D eigenvalue weighted by atomic mass is 16.4. The van der Waals surface area contributed by atoms with Crippen molar-refractivity contribution in [1.82, 2.24) is 4.90 Å². The number of rotatable bonds is 3. The number of amides is 2. The Morgan fingerprint density at radius 1 is 1.42 bits per heavy atom. The predicted molar refractivity (Wildman–Crippen MR) is 72.5 cm³/mol. The lowest BCUT2D eigenvalue weighted by Gasteiger charge is -2.18. The number of anilines is 1. The molecule has 1 aliphatic rings. The van der Waals surface area contributed by atoms with E-state index in [1.54, 1.807) is 11.9 Å². The molecule has 0 saturated carbocycles. The number of carbonyl (C=O) groups excluding carboxylic acids is 1. The van der Waals surface area contributed by atoms with Gasteiger partial charge in [0.2, 0.25) is 0 Å². The first-order valence-electron chi connectivity index (χ1n) is 6.23. The van der Waals surface area contributed by atoms with Crippen LogP contribution in [0.4, 0.5) is 10.5 Å². The minimum Gasteiger partial charge on any atom is -0.481 e. The number of carboxylic acid groups (broad SMARTS) is 1. The normalized spacial score (nSPS) is 19.1. The molecule has 1 aliphatic heterocycles. The first-order valence-corrected chi connectivity index (χ1v) is 6.23. The van der Waals surface area contributed by atoms with Gasteiger partial charge in [-0.25, -0.2) is 4.79 Å². The average Bonchev–Trinajstić information content (AvgIpc) is 2.57. The fourth-order valence-electron chi connectivity index (χ4n) is 2.47. The molecule has 1 heterocycles. The summed E-state index contributed by atoms with van der Waals surface area (Å²) in [7, 11) is 1.65. The lowest BCUT2D eigenvalue weighted by atomic mass is 10.1. The first kappa shape index (κ1) is 13.4. The highest BCUT2D eigenvalue weighted by Gasteiger charge is 2.36. The summed E-state index contributed by atoms with van der Waals surface area (Å²) in [5.41, 5.74) is 3.02. The summed E-state index contributed by atoms with van der Waals surface area (Å²) in [6.07, 6.45) is -0.0242. The minimum atomic E-state index is -0.882. The Balaban J connectivity index is 2.26. The number of likely N-dealkylation sites (N-methyl/N-ethyl adjacent to an activating group) is 1. The molecule has 2 rings (SSSR count). The summed E-state index contributed by atoms with van der Waals surface area (Å²) in [6.45, 7) is 4.38. The van der Waals surface area contributed by atoms with Gasteiger partial charge in [-0.3, -0.25) is 9.69 Å². The van der Waals surface area contributed by atoms with E-state index in [9.17, 15) is 9.59 Å². The second kappa shape index (κ2) is 4.91. The van der Waals surface area contributed by atoms with Crippen LogP contribution < -0.4 is 4.90 Å². The van der Waals surface area contributed by atoms with E-state index in [2.05, 4.69) is 0 Å². The number of benzene rings is 1. The zero-order chi connectivity index (χ0) is 14.2. The highest BCUT2D eigenvalue weighted by molar-refractivity contribution is 5.95. The molecule has 0 aliphatic carbocycles. The molecule has 0 spiro atoms. The van der Waals surface area contributed by atoms with Crippen molar-refractivity contribution >= 4 is 17.7 Å². The number of urea groups is 1. The molecule has 0 radical (unpaired) electrons. The van der Waals surface area contributed by atoms with Crippen LogP contribution in [0.5, 0.6) is 0 Å². The van der Waals surface area contributed by atoms with E-state index in [1.807, 2.05) is 32.0 Å². The fourth-order valence-corrected chi connectivity index (χ4v) is 2.47. The molecule has 102 valence electrons. The summed E-state index contributed by atoms with van der Waals surface area (Å²) in [4.78, 5) is 26.2. The van der Waals surface area contributed by atoms with Crippen molar-refractivity contribution in [2.24, 2.45) is 0 Å². The van der Waals surface area contributed by atoms with Crippen LogP contribution in [0.1, 0.15) is 17.5 Å². The maximum absolute atomic E-state index is 12.2. The van der Waals surface area contributed by atoms with Gasteiger partial charge in [0.15, 0.2) is 0 Å². The molecule has 19 heavy (non-hydrogen) atoms. The fraction of sp³-hybridized carbons (Fsp3) is 0.429. The van der Waals surface area contributed by atoms with Gasteiger partial charge in [-0.1, -0.05) is 17.7 Å². The van der Waals surface area contributed by atoms with E-state index < -0.39 is 5.97 Å². The lowest BCUT2D eigenvalue weighted by Crippen LogP contribution is -2.32. The molecule has 2 amide bonds. The topological polar surface area (TPSA) is 60.9 Å². The molecular formula is C14H18N2O3. The molecule has 1 atom stereocenters. The minimum absolute atomic E-state index is 0.0242. The van der Waals surface area contributed by atoms with E-state index in [4.69, 9.17) is 5.11 Å². The van der Waals surface area contributed by atoms with E-state index in [0.717, 1.165) is 16.8 Å². The second-order valence-corrected chi connectivity index (χ2v) is 5.05. The van der Waals surface area contributed by atoms with Crippen LogP contribution in [0, 0.1) is 13.8 Å². The van der Waals surface area contributed by atoms with Gasteiger partial charge < -0.3 is 10.0 Å². The Kier molecular flexibility index (Phi) is 3.46. The van der Waals surface area contributed by atoms with Crippen molar-refractivity contribution in [3.8, 4) is 0 Å². The third-order valence-electron chi connectivity index (χ3n) is 3.53. The van der Waals surface area contributed by atoms with Crippen LogP contribution >= 0.6 is 0 Å². The van der Waals surface area contributed by atoms with Crippen molar-refractivity contribution in [2.75, 3.05) is 18.5 Å². The molecule has 5 nitrogen and oxygen atoms in total. The highest BCUT2D eigenvalue weighted by Crippen LogP contribution is 2.27. The maximum atomic E-state index is 12.2. The van der Waals surface area contributed by atoms with Crippen LogP contribution in [0.25, 0.3) is 0 Å². The average molecular weight is 262 g/mol. The molecule has 0 aromatic heterocycles. The number of hydrogen-bond donors (Lipinski definition) is 1. The second-order valence-electron chi connectivity index (χ2n) is 5.05. The van der Waals surface area contributed by atoms with Crippen molar-refractivity contribution in [3.05, 3.63) is 29.3 Å². The van der Waals surface area contributed by atoms with Crippen molar-refractivity contribution < 1.29 is 14.7 Å². The zero-order valence-corrected chi connectivity index (χ0v) is 11.4. The van der Waals surface area contributed by atoms with E-state index >= 15 is 0 Å². The molecule has 0 bridgehead atoms. The number of carbonyl (C=O) groups is 2. The van der Waals surface area contributed by atoms with Crippen LogP contribution in [0.15, 0.2) is 18.2 Å². The van der Waals surface area contributed by atoms with Crippen LogP contribution in [0.3, 0.4) is 0 Å². The molecule has 5 heteroatoms. The van der Waals surface area contributed by atoms with Crippen LogP contribution in [-0.2, 0) is 4.79 Å². The van der Waals surface area contributed by atoms with E-state index in [1.165, 1.54) is 4.90 Å². The van der Waals surface area contributed by atoms with E-state index in [-0.39, 0.29) is 18.5 Å². The SMILES string of the molecule is Cc1ccc(N2CC(CC(=O)O)N(C)C2=O)c(C)c1. The van der Waals surface area contributed by atoms with Crippen molar-refractivity contribution in [1.29, 1.82) is 0 Å². The zero-order valence-electron chi connectivity index (χ0n) is 11.4. The van der Waals surface area contributed by atoms with Gasteiger partial charge in [0.25, 0.3) is 0 Å². The quantitative estimate of drug-likeness (QED) is 0.906. The Hall–Kier alpha value is -2.04. The van der Waals surface area contributed by atoms with Crippen molar-refractivity contribution in [2.45, 2.75) is 26.3 Å². The Labute approximate surface area is 112 Å². The summed E-state index contributed by atoms with van der Waals surface area (Å²) >= 11 is 0. The Morgan fingerprint density at radius 2 is 2.11 bits per heavy atom. The van der Waals surface area contributed by atoms with E-state index in [0.29, 0.717) is 6.54 Å². The Bertz CT molecular complexity index is 527. The standard InChI is InChI=1S/C14H18N2O3/c1-9-4-5-12(10(2)6-9)16-8-11(7-13(17)18)15(3)14(16)19/h4-6,11H,7-8H2,1-3H3,(H,17,18). The number of nitrogens with zero attached hydrogens (tertiary/aromatic N) is 2. The third kappa shape index (κ3) is 2.54. The summed E-state index contributed by atoms with van der Waals surface area (Å²) in [5.74, 6) is -0.882. The van der Waals surface area contributed by atoms with Gasteiger partial charge in [0.05, 0.1) is 12.5 Å². The number of carboxylic acids is 1. The number of hydrogen-bond acceptors (Lipinski definition) is 2. The molecule has 1 N–H and O–H groups in total. The molecule has 1 saturated heterocycles. The molecular weight excluding hydrogens is 244 g/mol. The smallest absolute Gasteiger partial charge is 0.324 e. The third-order valence-corrected chi connectivity index (χ3v) is 3.53. The van der Waals surface area contributed by atoms with Crippen molar-refractivity contribution in [3.63, 3.8) is 0 Å². The monoisotopic (exact) mass is 262 g/mol. The van der Waals surface area contributed by atoms with Crippen LogP contribution in [-0.4, -0.2) is 41.6 Å². The largest absolute Gasteiger partial charge is 0.481 e. The molecule has 1 aromatic carbocycles. The summed E-state index contributed by atoms with van der Waals surface area (Å²) in [6, 6.07) is 5.48. The number of aliphatic carboxylic acids is 1. The maximum Gasteiger partial charge on any atom is 0.324 e. The molecule has 1 fully saturated rings. The van der Waals surface area contributed by atoms with Crippen LogP contribution in [0.2, 0.25) is 0 Å². The van der Waals surface area contributed by atoms with Gasteiger partial charge in [0.1, 0.15) is 0 Å². The van der Waals surface area contributed by atoms with Gasteiger partial charge in [-0.15, -0.1) is 0 Å². The van der Waals surface area contributed by atoms with Gasteiger partial charge in [0, 0.05) is 19.3 Å². The number of aryl methyl sites for hydroxylation is 2. The summed E-state index contributed by atoms with van der Waals surface area (Å²) < 4.78 is 0. The summed E-state index contributed by atoms with van der Waals surface area (Å²) in [5, 5.41) is 8.87. The molecule has 1 aromatic rings. The lowest BCUT2D eigenvalue weighted by molar-refractivity contribution is -0.137. The first-order chi connectivity index (χ1) is 8.90. The predicted octanol–water partition coefficient (Wildman–Crippen LogP) is 2.02. The Morgan fingerprint density at radius 3 is 2.68 bits per heavy atom. The van der Waals surface area contributed by atoms with Gasteiger partial charge in [-0.2, -0.15) is 0 Å². The van der Waals surface area contributed by atoms with Gasteiger partial charge >= 0.3 is 12.0 Å². The molecule has 1 unspecified atom stereocenters.